The number of nitrogens with zero attached hydrogens (tertiary/aromatic N) is 3. The average molecular weight is 399 g/mol. The Morgan fingerprint density at radius 1 is 1.04 bits per heavy atom. The summed E-state index contributed by atoms with van der Waals surface area (Å²) in [4.78, 5) is 4.34. The van der Waals surface area contributed by atoms with E-state index in [9.17, 15) is 8.42 Å². The third kappa shape index (κ3) is 4.06. The van der Waals surface area contributed by atoms with Crippen LogP contribution in [0.25, 0.3) is 11.3 Å². The number of aromatic nitrogens is 2. The first-order chi connectivity index (χ1) is 13.1. The quantitative estimate of drug-likeness (QED) is 0.717. The van der Waals surface area contributed by atoms with Gasteiger partial charge in [0.15, 0.2) is 5.17 Å². The van der Waals surface area contributed by atoms with E-state index in [-0.39, 0.29) is 4.90 Å². The SMILES string of the molecule is O=S(=O)(NC1=NCCS1)c1cn(Cc2ccccc2)nc1-c1ccccc1. The zero-order chi connectivity index (χ0) is 18.7. The Bertz CT molecular complexity index is 1060. The number of sulfonamides is 1. The molecule has 0 saturated carbocycles. The fraction of sp³-hybridized carbons (Fsp3) is 0.158. The summed E-state index contributed by atoms with van der Waals surface area (Å²) < 4.78 is 30.2. The molecule has 1 aliphatic heterocycles. The predicted molar refractivity (Wildman–Crippen MR) is 108 cm³/mol. The zero-order valence-corrected chi connectivity index (χ0v) is 16.1. The molecule has 2 heterocycles. The maximum absolute atomic E-state index is 13.0. The van der Waals surface area contributed by atoms with Gasteiger partial charge in [-0.3, -0.25) is 14.4 Å². The van der Waals surface area contributed by atoms with Crippen molar-refractivity contribution >= 4 is 27.0 Å². The van der Waals surface area contributed by atoms with Gasteiger partial charge in [-0.25, -0.2) is 8.42 Å². The molecule has 0 amide bonds. The Morgan fingerprint density at radius 3 is 2.41 bits per heavy atom. The largest absolute Gasteiger partial charge is 0.267 e. The van der Waals surface area contributed by atoms with Crippen LogP contribution in [-0.2, 0) is 16.6 Å². The van der Waals surface area contributed by atoms with Crippen LogP contribution in [0, 0.1) is 0 Å². The van der Waals surface area contributed by atoms with Crippen molar-refractivity contribution in [3.8, 4) is 11.3 Å². The van der Waals surface area contributed by atoms with Crippen LogP contribution in [0.4, 0.5) is 0 Å². The fourth-order valence-electron chi connectivity index (χ4n) is 2.81. The van der Waals surface area contributed by atoms with Crippen LogP contribution in [-0.4, -0.2) is 35.7 Å². The summed E-state index contributed by atoms with van der Waals surface area (Å²) in [5, 5.41) is 5.00. The average Bonchev–Trinajstić information content (AvgIpc) is 3.33. The fourth-order valence-corrected chi connectivity index (χ4v) is 5.02. The minimum absolute atomic E-state index is 0.153. The molecular weight excluding hydrogens is 380 g/mol. The number of nitrogens with one attached hydrogen (secondary N) is 1. The van der Waals surface area contributed by atoms with Crippen LogP contribution >= 0.6 is 11.8 Å². The van der Waals surface area contributed by atoms with Gasteiger partial charge in [-0.15, -0.1) is 0 Å². The minimum Gasteiger partial charge on any atom is -0.266 e. The second-order valence-electron chi connectivity index (χ2n) is 6.03. The van der Waals surface area contributed by atoms with Gasteiger partial charge in [0.05, 0.1) is 13.1 Å². The Balaban J connectivity index is 1.74. The topological polar surface area (TPSA) is 76.3 Å². The number of amidine groups is 1. The predicted octanol–water partition coefficient (Wildman–Crippen LogP) is 2.98. The van der Waals surface area contributed by atoms with E-state index in [2.05, 4.69) is 14.8 Å². The molecule has 0 atom stereocenters. The highest BCUT2D eigenvalue weighted by Gasteiger charge is 2.26. The molecular formula is C19H18N4O2S2. The Kier molecular flexibility index (Phi) is 5.00. The molecule has 0 aliphatic carbocycles. The van der Waals surface area contributed by atoms with Gasteiger partial charge in [-0.1, -0.05) is 72.4 Å². The highest BCUT2D eigenvalue weighted by molar-refractivity contribution is 8.15. The van der Waals surface area contributed by atoms with Gasteiger partial charge in [0.25, 0.3) is 10.0 Å². The van der Waals surface area contributed by atoms with Gasteiger partial charge in [-0.05, 0) is 5.56 Å². The van der Waals surface area contributed by atoms with Crippen molar-refractivity contribution in [3.05, 3.63) is 72.4 Å². The smallest absolute Gasteiger partial charge is 0.266 e. The van der Waals surface area contributed by atoms with Crippen molar-refractivity contribution in [1.29, 1.82) is 0 Å². The van der Waals surface area contributed by atoms with Gasteiger partial charge in [0.1, 0.15) is 10.6 Å². The third-order valence-electron chi connectivity index (χ3n) is 4.06. The summed E-state index contributed by atoms with van der Waals surface area (Å²) in [6.45, 7) is 1.12. The summed E-state index contributed by atoms with van der Waals surface area (Å²) >= 11 is 1.41. The lowest BCUT2D eigenvalue weighted by molar-refractivity contribution is 0.592. The van der Waals surface area contributed by atoms with Gasteiger partial charge in [0.2, 0.25) is 0 Å². The molecule has 2 aromatic carbocycles. The lowest BCUT2D eigenvalue weighted by Gasteiger charge is -2.07. The second-order valence-corrected chi connectivity index (χ2v) is 8.77. The van der Waals surface area contributed by atoms with Crippen LogP contribution in [0.1, 0.15) is 5.56 Å². The summed E-state index contributed by atoms with van der Waals surface area (Å²) in [5.41, 5.74) is 2.24. The number of rotatable bonds is 5. The van der Waals surface area contributed by atoms with Gasteiger partial charge in [0, 0.05) is 17.5 Å². The van der Waals surface area contributed by atoms with E-state index in [1.165, 1.54) is 11.8 Å². The van der Waals surface area contributed by atoms with Crippen LogP contribution in [0.3, 0.4) is 0 Å². The van der Waals surface area contributed by atoms with E-state index in [0.717, 1.165) is 16.9 Å². The minimum atomic E-state index is -3.78. The van der Waals surface area contributed by atoms with E-state index in [0.29, 0.717) is 24.0 Å². The highest BCUT2D eigenvalue weighted by Crippen LogP contribution is 2.27. The molecule has 4 rings (SSSR count). The van der Waals surface area contributed by atoms with E-state index < -0.39 is 10.0 Å². The standard InChI is InChI=1S/C19H18N4O2S2/c24-27(25,22-19-20-11-12-26-19)17-14-23(13-15-7-3-1-4-8-15)21-18(17)16-9-5-2-6-10-16/h1-10,14H,11-13H2,(H,20,22). The van der Waals surface area contributed by atoms with Crippen molar-refractivity contribution in [3.63, 3.8) is 0 Å². The lowest BCUT2D eigenvalue weighted by Crippen LogP contribution is -2.27. The molecule has 0 fully saturated rings. The van der Waals surface area contributed by atoms with Gasteiger partial charge < -0.3 is 0 Å². The first-order valence-corrected chi connectivity index (χ1v) is 11.0. The molecule has 0 radical (unpaired) electrons. The first-order valence-electron chi connectivity index (χ1n) is 8.49. The maximum atomic E-state index is 13.0. The molecule has 0 saturated heterocycles. The highest BCUT2D eigenvalue weighted by atomic mass is 32.2. The van der Waals surface area contributed by atoms with Crippen LogP contribution in [0.2, 0.25) is 0 Å². The zero-order valence-electron chi connectivity index (χ0n) is 14.4. The normalized spacial score (nSPS) is 14.1. The van der Waals surface area contributed by atoms with Crippen molar-refractivity contribution in [1.82, 2.24) is 14.5 Å². The van der Waals surface area contributed by atoms with Crippen LogP contribution < -0.4 is 4.72 Å². The Morgan fingerprint density at radius 2 is 1.74 bits per heavy atom. The van der Waals surface area contributed by atoms with Crippen molar-refractivity contribution in [2.24, 2.45) is 4.99 Å². The van der Waals surface area contributed by atoms with E-state index in [1.807, 2.05) is 60.7 Å². The Hall–Kier alpha value is -2.58. The number of thioether (sulfide) groups is 1. The molecule has 0 spiro atoms. The third-order valence-corrected chi connectivity index (χ3v) is 6.42. The van der Waals surface area contributed by atoms with Crippen molar-refractivity contribution in [2.75, 3.05) is 12.3 Å². The monoisotopic (exact) mass is 398 g/mol. The molecule has 8 heteroatoms. The van der Waals surface area contributed by atoms with E-state index >= 15 is 0 Å². The molecule has 0 unspecified atom stereocenters. The van der Waals surface area contributed by atoms with Crippen LogP contribution in [0.15, 0.2) is 76.7 Å². The van der Waals surface area contributed by atoms with Crippen molar-refractivity contribution in [2.45, 2.75) is 11.4 Å². The number of benzene rings is 2. The van der Waals surface area contributed by atoms with E-state index in [1.54, 1.807) is 10.9 Å². The second kappa shape index (κ2) is 7.58. The van der Waals surface area contributed by atoms with Gasteiger partial charge in [-0.2, -0.15) is 5.10 Å². The van der Waals surface area contributed by atoms with E-state index in [4.69, 9.17) is 0 Å². The summed E-state index contributed by atoms with van der Waals surface area (Å²) in [6, 6.07) is 19.2. The molecule has 1 aromatic heterocycles. The molecule has 27 heavy (non-hydrogen) atoms. The molecule has 1 aliphatic rings. The molecule has 138 valence electrons. The van der Waals surface area contributed by atoms with Crippen molar-refractivity contribution < 1.29 is 8.42 Å². The lowest BCUT2D eigenvalue weighted by atomic mass is 10.2. The van der Waals surface area contributed by atoms with Crippen LogP contribution in [0.5, 0.6) is 0 Å². The Labute approximate surface area is 162 Å². The number of hydrogen-bond donors (Lipinski definition) is 1. The molecule has 0 bridgehead atoms. The summed E-state index contributed by atoms with van der Waals surface area (Å²) in [5.74, 6) is 0.788. The molecule has 6 nitrogen and oxygen atoms in total. The van der Waals surface area contributed by atoms with Gasteiger partial charge >= 0.3 is 0 Å². The maximum Gasteiger partial charge on any atom is 0.267 e. The summed E-state index contributed by atoms with van der Waals surface area (Å²) in [7, 11) is -3.78. The number of aliphatic imine (C=N–C) groups is 1. The summed E-state index contributed by atoms with van der Waals surface area (Å²) in [6.07, 6.45) is 1.58. The molecule has 3 aromatic rings. The first kappa shape index (κ1) is 17.8. The number of hydrogen-bond acceptors (Lipinski definition) is 5. The molecule has 1 N–H and O–H groups in total.